The molecule has 1 rings (SSSR count). The van der Waals surface area contributed by atoms with Crippen molar-refractivity contribution in [1.29, 1.82) is 0 Å². The minimum absolute atomic E-state index is 0.0209. The zero-order valence-corrected chi connectivity index (χ0v) is 12.2. The largest absolute Gasteiger partial charge is 0.396 e. The van der Waals surface area contributed by atoms with Crippen LogP contribution >= 0.6 is 11.3 Å². The molecule has 6 nitrogen and oxygen atoms in total. The van der Waals surface area contributed by atoms with Crippen molar-refractivity contribution >= 4 is 22.0 Å². The van der Waals surface area contributed by atoms with E-state index in [4.69, 9.17) is 5.11 Å². The highest BCUT2D eigenvalue weighted by atomic mass is 32.1. The number of hydrogen-bond acceptors (Lipinski definition) is 6. The summed E-state index contributed by atoms with van der Waals surface area (Å²) in [6.45, 7) is 6.08. The second-order valence-electron chi connectivity index (χ2n) is 4.64. The Balaban J connectivity index is 3.16. The SMILES string of the molecule is CC(O)c1cc([N+](=O)[O-])c(N(CCCO)C(C)C)s1. The third-order valence-electron chi connectivity index (χ3n) is 2.76. The van der Waals surface area contributed by atoms with Gasteiger partial charge in [0.05, 0.1) is 11.0 Å². The Morgan fingerprint density at radius 2 is 2.11 bits per heavy atom. The number of rotatable bonds is 7. The highest BCUT2D eigenvalue weighted by molar-refractivity contribution is 7.16. The molecule has 1 aromatic rings. The van der Waals surface area contributed by atoms with E-state index < -0.39 is 11.0 Å². The van der Waals surface area contributed by atoms with Crippen LogP contribution in [0.25, 0.3) is 0 Å². The average molecular weight is 288 g/mol. The van der Waals surface area contributed by atoms with Gasteiger partial charge in [0.15, 0.2) is 5.00 Å². The molecule has 7 heteroatoms. The lowest BCUT2D eigenvalue weighted by Crippen LogP contribution is -2.31. The number of anilines is 1. The summed E-state index contributed by atoms with van der Waals surface area (Å²) in [4.78, 5) is 13.2. The number of hydrogen-bond donors (Lipinski definition) is 2. The van der Waals surface area contributed by atoms with E-state index in [1.807, 2.05) is 18.7 Å². The zero-order chi connectivity index (χ0) is 14.6. The first-order valence-electron chi connectivity index (χ1n) is 6.22. The Morgan fingerprint density at radius 1 is 1.47 bits per heavy atom. The van der Waals surface area contributed by atoms with Crippen LogP contribution < -0.4 is 4.90 Å². The Morgan fingerprint density at radius 3 is 2.53 bits per heavy atom. The smallest absolute Gasteiger partial charge is 0.304 e. The average Bonchev–Trinajstić information content (AvgIpc) is 2.74. The molecular formula is C12H20N2O4S. The van der Waals surface area contributed by atoms with Gasteiger partial charge in [-0.05, 0) is 27.2 Å². The van der Waals surface area contributed by atoms with Gasteiger partial charge < -0.3 is 15.1 Å². The van der Waals surface area contributed by atoms with Gasteiger partial charge in [0.2, 0.25) is 0 Å². The summed E-state index contributed by atoms with van der Waals surface area (Å²) >= 11 is 1.24. The molecule has 108 valence electrons. The third-order valence-corrected chi connectivity index (χ3v) is 4.09. The Labute approximate surface area is 116 Å². The second-order valence-corrected chi connectivity index (χ2v) is 5.70. The number of thiophene rings is 1. The van der Waals surface area contributed by atoms with Crippen LogP contribution in [0.2, 0.25) is 0 Å². The maximum absolute atomic E-state index is 11.1. The normalized spacial score (nSPS) is 12.7. The molecule has 0 aliphatic rings. The van der Waals surface area contributed by atoms with Gasteiger partial charge in [0.1, 0.15) is 0 Å². The van der Waals surface area contributed by atoms with Crippen molar-refractivity contribution in [3.8, 4) is 0 Å². The lowest BCUT2D eigenvalue weighted by molar-refractivity contribution is -0.383. The van der Waals surface area contributed by atoms with Gasteiger partial charge in [0, 0.05) is 30.1 Å². The van der Waals surface area contributed by atoms with Gasteiger partial charge in [-0.15, -0.1) is 11.3 Å². The molecule has 1 heterocycles. The van der Waals surface area contributed by atoms with Crippen molar-refractivity contribution in [3.05, 3.63) is 21.1 Å². The Kier molecular flexibility index (Phi) is 5.71. The third kappa shape index (κ3) is 3.89. The monoisotopic (exact) mass is 288 g/mol. The molecule has 19 heavy (non-hydrogen) atoms. The molecule has 0 aromatic carbocycles. The molecule has 0 amide bonds. The van der Waals surface area contributed by atoms with Crippen LogP contribution in [-0.2, 0) is 0 Å². The maximum Gasteiger partial charge on any atom is 0.304 e. The van der Waals surface area contributed by atoms with Gasteiger partial charge in [-0.2, -0.15) is 0 Å². The van der Waals surface area contributed by atoms with Crippen molar-refractivity contribution in [3.63, 3.8) is 0 Å². The topological polar surface area (TPSA) is 86.8 Å². The molecule has 1 atom stereocenters. The van der Waals surface area contributed by atoms with Crippen molar-refractivity contribution in [1.82, 2.24) is 0 Å². The number of nitro groups is 1. The van der Waals surface area contributed by atoms with Crippen molar-refractivity contribution in [2.45, 2.75) is 39.3 Å². The molecule has 0 aliphatic heterocycles. The lowest BCUT2D eigenvalue weighted by Gasteiger charge is -2.26. The van der Waals surface area contributed by atoms with Gasteiger partial charge >= 0.3 is 5.69 Å². The van der Waals surface area contributed by atoms with Crippen LogP contribution in [0.3, 0.4) is 0 Å². The van der Waals surface area contributed by atoms with E-state index in [0.717, 1.165) is 0 Å². The summed E-state index contributed by atoms with van der Waals surface area (Å²) in [5.41, 5.74) is 0.0209. The Hall–Kier alpha value is -1.18. The highest BCUT2D eigenvalue weighted by Crippen LogP contribution is 2.40. The first kappa shape index (κ1) is 15.9. The van der Waals surface area contributed by atoms with E-state index in [2.05, 4.69) is 0 Å². The van der Waals surface area contributed by atoms with Crippen molar-refractivity contribution < 1.29 is 15.1 Å². The number of aliphatic hydroxyl groups is 2. The number of nitrogens with zero attached hydrogens (tertiary/aromatic N) is 2. The van der Waals surface area contributed by atoms with E-state index >= 15 is 0 Å². The van der Waals surface area contributed by atoms with Crippen LogP contribution in [0.15, 0.2) is 6.07 Å². The van der Waals surface area contributed by atoms with E-state index in [1.54, 1.807) is 6.92 Å². The lowest BCUT2D eigenvalue weighted by atomic mass is 10.2. The molecule has 0 radical (unpaired) electrons. The van der Waals surface area contributed by atoms with E-state index in [0.29, 0.717) is 22.8 Å². The van der Waals surface area contributed by atoms with Gasteiger partial charge in [0.25, 0.3) is 0 Å². The van der Waals surface area contributed by atoms with Crippen LogP contribution in [0.5, 0.6) is 0 Å². The first-order chi connectivity index (χ1) is 8.88. The fourth-order valence-electron chi connectivity index (χ4n) is 1.77. The quantitative estimate of drug-likeness (QED) is 0.594. The minimum Gasteiger partial charge on any atom is -0.396 e. The Bertz CT molecular complexity index is 431. The molecule has 0 saturated carbocycles. The number of aliphatic hydroxyl groups excluding tert-OH is 2. The highest BCUT2D eigenvalue weighted by Gasteiger charge is 2.26. The summed E-state index contributed by atoms with van der Waals surface area (Å²) in [5, 5.41) is 30.1. The van der Waals surface area contributed by atoms with Crippen LogP contribution in [0.4, 0.5) is 10.7 Å². The summed E-state index contributed by atoms with van der Waals surface area (Å²) in [6.07, 6.45) is -0.165. The molecule has 0 bridgehead atoms. The first-order valence-corrected chi connectivity index (χ1v) is 7.03. The minimum atomic E-state index is -0.718. The van der Waals surface area contributed by atoms with E-state index in [1.165, 1.54) is 17.4 Å². The van der Waals surface area contributed by atoms with Crippen LogP contribution in [0, 0.1) is 10.1 Å². The molecular weight excluding hydrogens is 268 g/mol. The van der Waals surface area contributed by atoms with Gasteiger partial charge in [-0.25, -0.2) is 0 Å². The van der Waals surface area contributed by atoms with Gasteiger partial charge in [-0.3, -0.25) is 10.1 Å². The van der Waals surface area contributed by atoms with Crippen molar-refractivity contribution in [2.24, 2.45) is 0 Å². The zero-order valence-electron chi connectivity index (χ0n) is 11.4. The fraction of sp³-hybridized carbons (Fsp3) is 0.667. The summed E-state index contributed by atoms with van der Waals surface area (Å²) < 4.78 is 0. The maximum atomic E-state index is 11.1. The molecule has 0 aliphatic carbocycles. The molecule has 2 N–H and O–H groups in total. The second kappa shape index (κ2) is 6.83. The van der Waals surface area contributed by atoms with Crippen LogP contribution in [0.1, 0.15) is 38.2 Å². The molecule has 1 unspecified atom stereocenters. The summed E-state index contributed by atoms with van der Waals surface area (Å²) in [7, 11) is 0. The molecule has 0 saturated heterocycles. The summed E-state index contributed by atoms with van der Waals surface area (Å²) in [6, 6.07) is 1.52. The molecule has 0 fully saturated rings. The fourth-order valence-corrected chi connectivity index (χ4v) is 2.99. The standard InChI is InChI=1S/C12H20N2O4S/c1-8(2)13(5-4-6-15)12-10(14(17)18)7-11(19-12)9(3)16/h7-9,15-16H,4-6H2,1-3H3. The van der Waals surface area contributed by atoms with E-state index in [-0.39, 0.29) is 18.3 Å². The van der Waals surface area contributed by atoms with Crippen LogP contribution in [-0.4, -0.2) is 34.3 Å². The predicted octanol–water partition coefficient (Wildman–Crippen LogP) is 2.31. The van der Waals surface area contributed by atoms with E-state index in [9.17, 15) is 15.2 Å². The molecule has 1 aromatic heterocycles. The predicted molar refractivity (Wildman–Crippen MR) is 75.8 cm³/mol. The van der Waals surface area contributed by atoms with Gasteiger partial charge in [-0.1, -0.05) is 0 Å². The van der Waals surface area contributed by atoms with Crippen molar-refractivity contribution in [2.75, 3.05) is 18.1 Å². The summed E-state index contributed by atoms with van der Waals surface area (Å²) in [5.74, 6) is 0. The molecule has 0 spiro atoms.